The van der Waals surface area contributed by atoms with E-state index in [2.05, 4.69) is 5.32 Å². The minimum Gasteiger partial charge on any atom is -0.486 e. The maximum atomic E-state index is 11.3. The number of anilines is 1. The van der Waals surface area contributed by atoms with Crippen LogP contribution in [0.5, 0.6) is 5.75 Å². The Morgan fingerprint density at radius 2 is 2.24 bits per heavy atom. The monoisotopic (exact) mass is 254 g/mol. The third kappa shape index (κ3) is 5.28. The molecule has 0 saturated carbocycles. The minimum atomic E-state index is -0.223. The Labute approximate surface area is 105 Å². The molecule has 92 valence electrons. The quantitative estimate of drug-likeness (QED) is 0.739. The van der Waals surface area contributed by atoms with E-state index in [1.807, 2.05) is 0 Å². The normalized spacial score (nSPS) is 9.71. The van der Waals surface area contributed by atoms with Gasteiger partial charge in [0.25, 0.3) is 0 Å². The van der Waals surface area contributed by atoms with Gasteiger partial charge in [-0.15, -0.1) is 0 Å². The Bertz CT molecular complexity index is 409. The predicted molar refractivity (Wildman–Crippen MR) is 69.2 cm³/mol. The molecule has 0 bridgehead atoms. The molecule has 0 heterocycles. The first-order valence-electron chi connectivity index (χ1n) is 4.92. The zero-order valence-electron chi connectivity index (χ0n) is 9.43. The van der Waals surface area contributed by atoms with Crippen molar-refractivity contribution in [3.8, 4) is 5.75 Å². The first kappa shape index (κ1) is 13.4. The fraction of sp³-hybridized carbons (Fsp3) is 0.273. The maximum Gasteiger partial charge on any atom is 0.250 e. The molecule has 0 aliphatic rings. The molecule has 0 aromatic heterocycles. The highest BCUT2D eigenvalue weighted by molar-refractivity contribution is 7.80. The van der Waals surface area contributed by atoms with Crippen molar-refractivity contribution in [1.82, 2.24) is 0 Å². The van der Waals surface area contributed by atoms with Crippen LogP contribution in [0.3, 0.4) is 0 Å². The van der Waals surface area contributed by atoms with E-state index in [1.165, 1.54) is 7.11 Å². The molecule has 6 heteroatoms. The zero-order valence-corrected chi connectivity index (χ0v) is 10.3. The molecule has 1 rings (SSSR count). The minimum absolute atomic E-state index is 0.0119. The Hall–Kier alpha value is -1.66. The number of hydrogen-bond acceptors (Lipinski definition) is 4. The summed E-state index contributed by atoms with van der Waals surface area (Å²) in [5.74, 6) is 0.368. The largest absolute Gasteiger partial charge is 0.486 e. The molecule has 0 unspecified atom stereocenters. The standard InChI is InChI=1S/C11H14N2O3S/c1-15-7-11(14)13-8-3-2-4-9(5-8)16-6-10(12)17/h2-5H,6-7H2,1H3,(H2,12,17)(H,13,14). The fourth-order valence-electron chi connectivity index (χ4n) is 1.15. The lowest BCUT2D eigenvalue weighted by atomic mass is 10.3. The van der Waals surface area contributed by atoms with Crippen LogP contribution < -0.4 is 15.8 Å². The van der Waals surface area contributed by atoms with Crippen LogP contribution in [-0.4, -0.2) is 31.2 Å². The Morgan fingerprint density at radius 3 is 2.88 bits per heavy atom. The number of amides is 1. The van der Waals surface area contributed by atoms with Gasteiger partial charge in [0.05, 0.1) is 0 Å². The van der Waals surface area contributed by atoms with Crippen molar-refractivity contribution in [2.45, 2.75) is 0 Å². The SMILES string of the molecule is COCC(=O)Nc1cccc(OCC(N)=S)c1. The molecular formula is C11H14N2O3S. The van der Waals surface area contributed by atoms with Crippen molar-refractivity contribution in [3.63, 3.8) is 0 Å². The van der Waals surface area contributed by atoms with Crippen LogP contribution in [0, 0.1) is 0 Å². The lowest BCUT2D eigenvalue weighted by molar-refractivity contribution is -0.119. The third-order valence-corrected chi connectivity index (χ3v) is 1.89. The van der Waals surface area contributed by atoms with Crippen LogP contribution in [-0.2, 0) is 9.53 Å². The molecule has 1 amide bonds. The smallest absolute Gasteiger partial charge is 0.250 e. The van der Waals surface area contributed by atoms with Gasteiger partial charge in [0.15, 0.2) is 0 Å². The molecular weight excluding hydrogens is 240 g/mol. The summed E-state index contributed by atoms with van der Waals surface area (Å²) in [7, 11) is 1.46. The molecule has 1 aromatic rings. The van der Waals surface area contributed by atoms with Crippen molar-refractivity contribution in [2.24, 2.45) is 5.73 Å². The van der Waals surface area contributed by atoms with Gasteiger partial charge >= 0.3 is 0 Å². The first-order valence-corrected chi connectivity index (χ1v) is 5.32. The summed E-state index contributed by atoms with van der Waals surface area (Å²) in [5, 5.41) is 2.66. The number of rotatable bonds is 6. The van der Waals surface area contributed by atoms with E-state index in [4.69, 9.17) is 27.4 Å². The number of ether oxygens (including phenoxy) is 2. The summed E-state index contributed by atoms with van der Waals surface area (Å²) in [4.78, 5) is 11.5. The van der Waals surface area contributed by atoms with Crippen molar-refractivity contribution in [3.05, 3.63) is 24.3 Å². The summed E-state index contributed by atoms with van der Waals surface area (Å²) < 4.78 is 10.0. The second-order valence-electron chi connectivity index (χ2n) is 3.26. The molecule has 0 aliphatic heterocycles. The second kappa shape index (κ2) is 6.82. The van der Waals surface area contributed by atoms with Gasteiger partial charge in [-0.3, -0.25) is 4.79 Å². The van der Waals surface area contributed by atoms with Crippen molar-refractivity contribution >= 4 is 28.8 Å². The molecule has 0 radical (unpaired) electrons. The van der Waals surface area contributed by atoms with Gasteiger partial charge in [-0.2, -0.15) is 0 Å². The Balaban J connectivity index is 2.59. The number of benzene rings is 1. The van der Waals surface area contributed by atoms with Gasteiger partial charge in [-0.05, 0) is 12.1 Å². The molecule has 0 aliphatic carbocycles. The van der Waals surface area contributed by atoms with Crippen LogP contribution in [0.25, 0.3) is 0 Å². The van der Waals surface area contributed by atoms with Gasteiger partial charge in [-0.1, -0.05) is 18.3 Å². The van der Waals surface area contributed by atoms with Gasteiger partial charge in [0.1, 0.15) is 24.0 Å². The molecule has 0 atom stereocenters. The Morgan fingerprint density at radius 1 is 1.47 bits per heavy atom. The summed E-state index contributed by atoms with van der Waals surface area (Å²) in [6.45, 7) is 0.183. The fourth-order valence-corrected chi connectivity index (χ4v) is 1.21. The highest BCUT2D eigenvalue weighted by Gasteiger charge is 2.02. The number of thiocarbonyl (C=S) groups is 1. The zero-order chi connectivity index (χ0) is 12.7. The van der Waals surface area contributed by atoms with E-state index >= 15 is 0 Å². The highest BCUT2D eigenvalue weighted by Crippen LogP contribution is 2.17. The molecule has 0 fully saturated rings. The van der Waals surface area contributed by atoms with E-state index in [9.17, 15) is 4.79 Å². The van der Waals surface area contributed by atoms with E-state index in [-0.39, 0.29) is 24.1 Å². The van der Waals surface area contributed by atoms with Gasteiger partial charge < -0.3 is 20.5 Å². The third-order valence-electron chi connectivity index (χ3n) is 1.77. The van der Waals surface area contributed by atoms with E-state index in [1.54, 1.807) is 24.3 Å². The van der Waals surface area contributed by atoms with E-state index in [0.29, 0.717) is 11.4 Å². The molecule has 5 nitrogen and oxygen atoms in total. The molecule has 0 spiro atoms. The summed E-state index contributed by atoms with van der Waals surface area (Å²) >= 11 is 4.70. The molecule has 3 N–H and O–H groups in total. The predicted octanol–water partition coefficient (Wildman–Crippen LogP) is 0.936. The van der Waals surface area contributed by atoms with Crippen LogP contribution >= 0.6 is 12.2 Å². The lowest BCUT2D eigenvalue weighted by Gasteiger charge is -2.08. The first-order chi connectivity index (χ1) is 8.11. The number of methoxy groups -OCH3 is 1. The van der Waals surface area contributed by atoms with Crippen LogP contribution in [0.15, 0.2) is 24.3 Å². The summed E-state index contributed by atoms with van der Waals surface area (Å²) in [5.41, 5.74) is 5.95. The number of carbonyl (C=O) groups excluding carboxylic acids is 1. The topological polar surface area (TPSA) is 73.6 Å². The average Bonchev–Trinajstić information content (AvgIpc) is 2.27. The van der Waals surface area contributed by atoms with E-state index in [0.717, 1.165) is 0 Å². The van der Waals surface area contributed by atoms with Crippen LogP contribution in [0.4, 0.5) is 5.69 Å². The molecule has 17 heavy (non-hydrogen) atoms. The van der Waals surface area contributed by atoms with E-state index < -0.39 is 0 Å². The second-order valence-corrected chi connectivity index (χ2v) is 3.79. The van der Waals surface area contributed by atoms with Crippen molar-refractivity contribution in [1.29, 1.82) is 0 Å². The highest BCUT2D eigenvalue weighted by atomic mass is 32.1. The number of nitrogens with two attached hydrogens (primary N) is 1. The number of carbonyl (C=O) groups is 1. The van der Waals surface area contributed by atoms with Gasteiger partial charge in [0, 0.05) is 18.9 Å². The molecule has 1 aromatic carbocycles. The number of hydrogen-bond donors (Lipinski definition) is 2. The maximum absolute atomic E-state index is 11.3. The summed E-state index contributed by atoms with van der Waals surface area (Å²) in [6, 6.07) is 6.95. The number of nitrogens with one attached hydrogen (secondary N) is 1. The summed E-state index contributed by atoms with van der Waals surface area (Å²) in [6.07, 6.45) is 0. The van der Waals surface area contributed by atoms with Gasteiger partial charge in [-0.25, -0.2) is 0 Å². The van der Waals surface area contributed by atoms with Crippen LogP contribution in [0.1, 0.15) is 0 Å². The van der Waals surface area contributed by atoms with Crippen molar-refractivity contribution in [2.75, 3.05) is 25.6 Å². The van der Waals surface area contributed by atoms with Crippen molar-refractivity contribution < 1.29 is 14.3 Å². The Kier molecular flexibility index (Phi) is 5.38. The average molecular weight is 254 g/mol. The lowest BCUT2D eigenvalue weighted by Crippen LogP contribution is -2.18. The molecule has 0 saturated heterocycles. The van der Waals surface area contributed by atoms with Gasteiger partial charge in [0.2, 0.25) is 5.91 Å². The van der Waals surface area contributed by atoms with Crippen LogP contribution in [0.2, 0.25) is 0 Å².